The van der Waals surface area contributed by atoms with Crippen LogP contribution in [0.4, 0.5) is 0 Å². The van der Waals surface area contributed by atoms with Crippen molar-refractivity contribution in [2.45, 2.75) is 60.2 Å². The molecule has 1 aromatic heterocycles. The van der Waals surface area contributed by atoms with Crippen LogP contribution in [-0.2, 0) is 31.4 Å². The summed E-state index contributed by atoms with van der Waals surface area (Å²) in [6.07, 6.45) is 0.914. The Kier molecular flexibility index (Phi) is 8.51. The summed E-state index contributed by atoms with van der Waals surface area (Å²) in [7, 11) is 2.00. The molecule has 0 saturated heterocycles. The summed E-state index contributed by atoms with van der Waals surface area (Å²) < 4.78 is 7.53. The number of hydrogen-bond donors (Lipinski definition) is 2. The average molecular weight is 386 g/mol. The minimum atomic E-state index is 0.248. The van der Waals surface area contributed by atoms with E-state index in [2.05, 4.69) is 61.6 Å². The lowest BCUT2D eigenvalue weighted by Crippen LogP contribution is -2.43. The summed E-state index contributed by atoms with van der Waals surface area (Å²) in [5.74, 6) is 0.834. The maximum Gasteiger partial charge on any atom is 0.191 e. The van der Waals surface area contributed by atoms with Gasteiger partial charge < -0.3 is 15.4 Å². The lowest BCUT2D eigenvalue weighted by Gasteiger charge is -2.18. The van der Waals surface area contributed by atoms with E-state index < -0.39 is 0 Å². The third kappa shape index (κ3) is 6.09. The van der Waals surface area contributed by atoms with E-state index in [1.807, 2.05) is 24.7 Å². The first kappa shape index (κ1) is 22.0. The Morgan fingerprint density at radius 1 is 1.21 bits per heavy atom. The molecule has 2 N–H and O–H groups in total. The minimum absolute atomic E-state index is 0.248. The largest absolute Gasteiger partial charge is 0.377 e. The fourth-order valence-corrected chi connectivity index (χ4v) is 3.25. The molecule has 1 atom stereocenters. The Hall–Kier alpha value is -2.34. The summed E-state index contributed by atoms with van der Waals surface area (Å²) in [5.41, 5.74) is 6.01. The maximum atomic E-state index is 5.58. The molecule has 0 fully saturated rings. The summed E-state index contributed by atoms with van der Waals surface area (Å²) >= 11 is 0. The second-order valence-corrected chi connectivity index (χ2v) is 7.12. The minimum Gasteiger partial charge on any atom is -0.377 e. The molecule has 154 valence electrons. The number of aryl methyl sites for hydroxylation is 2. The molecule has 0 spiro atoms. The molecular formula is C22H35N5O. The van der Waals surface area contributed by atoms with Crippen molar-refractivity contribution in [1.82, 2.24) is 20.4 Å². The Labute approximate surface area is 169 Å². The van der Waals surface area contributed by atoms with E-state index in [1.54, 1.807) is 0 Å². The van der Waals surface area contributed by atoms with Gasteiger partial charge in [0.15, 0.2) is 5.96 Å². The van der Waals surface area contributed by atoms with E-state index in [0.717, 1.165) is 24.6 Å². The third-order valence-electron chi connectivity index (χ3n) is 4.88. The van der Waals surface area contributed by atoms with Crippen molar-refractivity contribution in [3.8, 4) is 0 Å². The van der Waals surface area contributed by atoms with Crippen LogP contribution in [-0.4, -0.2) is 34.9 Å². The van der Waals surface area contributed by atoms with Crippen LogP contribution < -0.4 is 10.6 Å². The van der Waals surface area contributed by atoms with Crippen LogP contribution in [0, 0.1) is 13.8 Å². The first-order chi connectivity index (χ1) is 13.5. The van der Waals surface area contributed by atoms with Gasteiger partial charge in [0, 0.05) is 31.9 Å². The van der Waals surface area contributed by atoms with Gasteiger partial charge in [-0.05, 0) is 57.7 Å². The molecule has 28 heavy (non-hydrogen) atoms. The van der Waals surface area contributed by atoms with Crippen LogP contribution in [0.1, 0.15) is 48.8 Å². The first-order valence-corrected chi connectivity index (χ1v) is 10.1. The highest BCUT2D eigenvalue weighted by atomic mass is 16.5. The number of aliphatic imine (C=N–C) groups is 1. The van der Waals surface area contributed by atoms with Crippen LogP contribution in [0.15, 0.2) is 29.3 Å². The topological polar surface area (TPSA) is 63.5 Å². The zero-order chi connectivity index (χ0) is 20.5. The molecule has 0 aliphatic heterocycles. The fraction of sp³-hybridized carbons (Fsp3) is 0.545. The molecule has 1 heterocycles. The van der Waals surface area contributed by atoms with Gasteiger partial charge in [0.2, 0.25) is 0 Å². The van der Waals surface area contributed by atoms with Gasteiger partial charge in [-0.15, -0.1) is 0 Å². The predicted octanol–water partition coefficient (Wildman–Crippen LogP) is 3.26. The molecule has 1 aromatic carbocycles. The first-order valence-electron chi connectivity index (χ1n) is 10.1. The second-order valence-electron chi connectivity index (χ2n) is 7.12. The normalized spacial score (nSPS) is 12.9. The summed E-state index contributed by atoms with van der Waals surface area (Å²) in [6.45, 7) is 13.3. The SMILES string of the molecule is CCNC(=NCc1ccccc1COCC)NC(C)Cc1c(C)nn(C)c1C. The lowest BCUT2D eigenvalue weighted by molar-refractivity contribution is 0.133. The van der Waals surface area contributed by atoms with E-state index in [1.165, 1.54) is 22.4 Å². The van der Waals surface area contributed by atoms with E-state index in [0.29, 0.717) is 19.8 Å². The Bertz CT molecular complexity index is 781. The van der Waals surface area contributed by atoms with Gasteiger partial charge in [-0.2, -0.15) is 5.10 Å². The molecule has 0 bridgehead atoms. The van der Waals surface area contributed by atoms with Crippen LogP contribution in [0.2, 0.25) is 0 Å². The Balaban J connectivity index is 2.06. The molecular weight excluding hydrogens is 350 g/mol. The molecule has 0 aliphatic rings. The molecule has 2 aromatic rings. The molecule has 0 saturated carbocycles. The van der Waals surface area contributed by atoms with E-state index in [9.17, 15) is 0 Å². The lowest BCUT2D eigenvalue weighted by atomic mass is 10.1. The third-order valence-corrected chi connectivity index (χ3v) is 4.88. The number of hydrogen-bond acceptors (Lipinski definition) is 3. The molecule has 6 heteroatoms. The molecule has 0 amide bonds. The Morgan fingerprint density at radius 3 is 2.54 bits per heavy atom. The molecule has 6 nitrogen and oxygen atoms in total. The standard InChI is InChI=1S/C22H35N5O/c1-7-23-22(24-14-19-11-9-10-12-20(19)15-28-8-2)25-16(3)13-21-17(4)26-27(6)18(21)5/h9-12,16H,7-8,13-15H2,1-6H3,(H2,23,24,25). The smallest absolute Gasteiger partial charge is 0.191 e. The highest BCUT2D eigenvalue weighted by Gasteiger charge is 2.14. The van der Waals surface area contributed by atoms with Crippen LogP contribution >= 0.6 is 0 Å². The van der Waals surface area contributed by atoms with Crippen molar-refractivity contribution in [3.05, 3.63) is 52.3 Å². The quantitative estimate of drug-likeness (QED) is 0.514. The van der Waals surface area contributed by atoms with E-state index in [-0.39, 0.29) is 6.04 Å². The molecule has 0 aliphatic carbocycles. The number of nitrogens with zero attached hydrogens (tertiary/aromatic N) is 3. The van der Waals surface area contributed by atoms with Crippen LogP contribution in [0.3, 0.4) is 0 Å². The van der Waals surface area contributed by atoms with Gasteiger partial charge >= 0.3 is 0 Å². The van der Waals surface area contributed by atoms with Crippen molar-refractivity contribution in [2.24, 2.45) is 12.0 Å². The van der Waals surface area contributed by atoms with Gasteiger partial charge in [0.05, 0.1) is 18.8 Å². The number of guanidine groups is 1. The number of ether oxygens (including phenoxy) is 1. The van der Waals surface area contributed by atoms with Gasteiger partial charge in [-0.3, -0.25) is 4.68 Å². The zero-order valence-electron chi connectivity index (χ0n) is 18.2. The second kappa shape index (κ2) is 10.9. The molecule has 1 unspecified atom stereocenters. The maximum absolute atomic E-state index is 5.58. The Morgan fingerprint density at radius 2 is 1.93 bits per heavy atom. The number of aromatic nitrogens is 2. The summed E-state index contributed by atoms with van der Waals surface area (Å²) in [5, 5.41) is 11.4. The number of benzene rings is 1. The number of nitrogens with one attached hydrogen (secondary N) is 2. The highest BCUT2D eigenvalue weighted by molar-refractivity contribution is 5.80. The highest BCUT2D eigenvalue weighted by Crippen LogP contribution is 2.14. The monoisotopic (exact) mass is 385 g/mol. The van der Waals surface area contributed by atoms with Gasteiger partial charge in [0.25, 0.3) is 0 Å². The average Bonchev–Trinajstić information content (AvgIpc) is 2.91. The van der Waals surface area contributed by atoms with Crippen LogP contribution in [0.5, 0.6) is 0 Å². The fourth-order valence-electron chi connectivity index (χ4n) is 3.25. The van der Waals surface area contributed by atoms with E-state index in [4.69, 9.17) is 9.73 Å². The van der Waals surface area contributed by atoms with Gasteiger partial charge in [-0.25, -0.2) is 4.99 Å². The van der Waals surface area contributed by atoms with Crippen molar-refractivity contribution in [3.63, 3.8) is 0 Å². The number of rotatable bonds is 9. The molecule has 0 radical (unpaired) electrons. The predicted molar refractivity (Wildman–Crippen MR) is 116 cm³/mol. The van der Waals surface area contributed by atoms with E-state index >= 15 is 0 Å². The van der Waals surface area contributed by atoms with Gasteiger partial charge in [-0.1, -0.05) is 24.3 Å². The van der Waals surface area contributed by atoms with Crippen molar-refractivity contribution < 1.29 is 4.74 Å². The summed E-state index contributed by atoms with van der Waals surface area (Å²) in [6, 6.07) is 8.58. The molecule has 2 rings (SSSR count). The van der Waals surface area contributed by atoms with Crippen LogP contribution in [0.25, 0.3) is 0 Å². The van der Waals surface area contributed by atoms with Crippen molar-refractivity contribution in [1.29, 1.82) is 0 Å². The van der Waals surface area contributed by atoms with Gasteiger partial charge in [0.1, 0.15) is 0 Å². The zero-order valence-corrected chi connectivity index (χ0v) is 18.2. The summed E-state index contributed by atoms with van der Waals surface area (Å²) in [4.78, 5) is 4.80. The van der Waals surface area contributed by atoms with Crippen molar-refractivity contribution in [2.75, 3.05) is 13.2 Å². The van der Waals surface area contributed by atoms with Crippen molar-refractivity contribution >= 4 is 5.96 Å².